The van der Waals surface area contributed by atoms with Crippen LogP contribution in [0.3, 0.4) is 0 Å². The van der Waals surface area contributed by atoms with Gasteiger partial charge in [0.15, 0.2) is 6.10 Å². The third-order valence-corrected chi connectivity index (χ3v) is 4.55. The normalized spacial score (nSPS) is 11.9. The summed E-state index contributed by atoms with van der Waals surface area (Å²) in [4.78, 5) is 24.8. The van der Waals surface area contributed by atoms with Gasteiger partial charge in [-0.2, -0.15) is 0 Å². The number of halogens is 2. The molecule has 1 N–H and O–H groups in total. The van der Waals surface area contributed by atoms with Crippen molar-refractivity contribution in [3.63, 3.8) is 0 Å². The maximum absolute atomic E-state index is 13.7. The molecule has 29 heavy (non-hydrogen) atoms. The molecule has 0 aliphatic carbocycles. The number of aromatic nitrogens is 1. The van der Waals surface area contributed by atoms with Crippen molar-refractivity contribution in [2.75, 3.05) is 5.32 Å². The Morgan fingerprint density at radius 2 is 1.86 bits per heavy atom. The zero-order chi connectivity index (χ0) is 21.1. The average molecular weight is 402 g/mol. The maximum atomic E-state index is 13.7. The summed E-state index contributed by atoms with van der Waals surface area (Å²) in [5.41, 5.74) is 1.18. The SMILES string of the molecule is Cc1cc(C(=O)O[C@H](C)C(=O)Nc2c(F)cccc2F)c(C)n1Cc1ccco1. The lowest BCUT2D eigenvalue weighted by atomic mass is 10.2. The van der Waals surface area contributed by atoms with Crippen LogP contribution in [-0.4, -0.2) is 22.5 Å². The zero-order valence-corrected chi connectivity index (χ0v) is 16.2. The van der Waals surface area contributed by atoms with E-state index in [1.165, 1.54) is 13.0 Å². The van der Waals surface area contributed by atoms with Gasteiger partial charge in [-0.15, -0.1) is 0 Å². The van der Waals surface area contributed by atoms with Crippen LogP contribution < -0.4 is 5.32 Å². The van der Waals surface area contributed by atoms with Crippen molar-refractivity contribution in [1.82, 2.24) is 4.57 Å². The van der Waals surface area contributed by atoms with Crippen LogP contribution >= 0.6 is 0 Å². The van der Waals surface area contributed by atoms with Gasteiger partial charge in [-0.05, 0) is 51.1 Å². The minimum absolute atomic E-state index is 0.297. The number of carbonyl (C=O) groups excluding carboxylic acids is 2. The number of hydrogen-bond donors (Lipinski definition) is 1. The Hall–Kier alpha value is -3.42. The van der Waals surface area contributed by atoms with Gasteiger partial charge in [0.25, 0.3) is 5.91 Å². The summed E-state index contributed by atoms with van der Waals surface area (Å²) in [5.74, 6) is -2.66. The molecule has 8 heteroatoms. The summed E-state index contributed by atoms with van der Waals surface area (Å²) in [6.45, 7) is 5.37. The summed E-state index contributed by atoms with van der Waals surface area (Å²) < 4.78 is 39.8. The number of benzene rings is 1. The molecular formula is C21H20F2N2O4. The Labute approximate surface area is 166 Å². The molecule has 2 heterocycles. The van der Waals surface area contributed by atoms with E-state index in [0.717, 1.165) is 23.6 Å². The number of aryl methyl sites for hydroxylation is 1. The van der Waals surface area contributed by atoms with Crippen molar-refractivity contribution in [3.8, 4) is 0 Å². The van der Waals surface area contributed by atoms with Crippen LogP contribution in [0, 0.1) is 25.5 Å². The first kappa shape index (κ1) is 20.3. The monoisotopic (exact) mass is 402 g/mol. The molecule has 0 radical (unpaired) electrons. The van der Waals surface area contributed by atoms with E-state index >= 15 is 0 Å². The Morgan fingerprint density at radius 1 is 1.17 bits per heavy atom. The van der Waals surface area contributed by atoms with E-state index < -0.39 is 35.3 Å². The first-order chi connectivity index (χ1) is 13.8. The Morgan fingerprint density at radius 3 is 2.48 bits per heavy atom. The molecule has 0 unspecified atom stereocenters. The molecule has 2 aromatic heterocycles. The molecule has 0 saturated heterocycles. The van der Waals surface area contributed by atoms with Gasteiger partial charge in [0.1, 0.15) is 23.1 Å². The fourth-order valence-electron chi connectivity index (χ4n) is 2.93. The first-order valence-corrected chi connectivity index (χ1v) is 8.93. The van der Waals surface area contributed by atoms with Crippen LogP contribution in [0.5, 0.6) is 0 Å². The lowest BCUT2D eigenvalue weighted by molar-refractivity contribution is -0.123. The second kappa shape index (κ2) is 8.30. The molecule has 0 saturated carbocycles. The summed E-state index contributed by atoms with van der Waals surface area (Å²) in [7, 11) is 0. The second-order valence-corrected chi connectivity index (χ2v) is 6.58. The van der Waals surface area contributed by atoms with Gasteiger partial charge in [-0.1, -0.05) is 6.07 Å². The van der Waals surface area contributed by atoms with Crippen LogP contribution in [-0.2, 0) is 16.1 Å². The third kappa shape index (κ3) is 4.37. The van der Waals surface area contributed by atoms with E-state index in [-0.39, 0.29) is 0 Å². The number of nitrogens with zero attached hydrogens (tertiary/aromatic N) is 1. The number of amides is 1. The molecule has 0 aliphatic heterocycles. The fourth-order valence-corrected chi connectivity index (χ4v) is 2.93. The molecular weight excluding hydrogens is 382 g/mol. The highest BCUT2D eigenvalue weighted by atomic mass is 19.1. The number of furan rings is 1. The van der Waals surface area contributed by atoms with Crippen molar-refractivity contribution in [2.24, 2.45) is 0 Å². The summed E-state index contributed by atoms with van der Waals surface area (Å²) >= 11 is 0. The zero-order valence-electron chi connectivity index (χ0n) is 16.2. The lowest BCUT2D eigenvalue weighted by Crippen LogP contribution is -2.30. The van der Waals surface area contributed by atoms with Gasteiger partial charge in [-0.3, -0.25) is 4.79 Å². The highest BCUT2D eigenvalue weighted by molar-refractivity contribution is 5.98. The molecule has 3 aromatic rings. The van der Waals surface area contributed by atoms with Crippen LogP contribution in [0.25, 0.3) is 0 Å². The van der Waals surface area contributed by atoms with Crippen molar-refractivity contribution in [2.45, 2.75) is 33.4 Å². The number of rotatable bonds is 6. The number of anilines is 1. The molecule has 1 amide bonds. The molecule has 0 spiro atoms. The van der Waals surface area contributed by atoms with Crippen molar-refractivity contribution in [1.29, 1.82) is 0 Å². The largest absolute Gasteiger partial charge is 0.467 e. The number of ether oxygens (including phenoxy) is 1. The standard InChI is InChI=1S/C21H20F2N2O4/c1-12-10-16(13(2)25(12)11-15-6-5-9-28-15)21(27)29-14(3)20(26)24-19-17(22)7-4-8-18(19)23/h4-10,14H,11H2,1-3H3,(H,24,26)/t14-/m1/s1. The summed E-state index contributed by atoms with van der Waals surface area (Å²) in [6, 6.07) is 8.47. The number of carbonyl (C=O) groups is 2. The van der Waals surface area contributed by atoms with Gasteiger partial charge < -0.3 is 19.0 Å². The van der Waals surface area contributed by atoms with Gasteiger partial charge in [0.2, 0.25) is 0 Å². The highest BCUT2D eigenvalue weighted by Gasteiger charge is 2.24. The van der Waals surface area contributed by atoms with Crippen molar-refractivity contribution < 1.29 is 27.5 Å². The first-order valence-electron chi connectivity index (χ1n) is 8.93. The Bertz CT molecular complexity index is 1020. The number of para-hydroxylation sites is 1. The molecule has 3 rings (SSSR count). The van der Waals surface area contributed by atoms with Gasteiger partial charge in [0.05, 0.1) is 18.4 Å². The smallest absolute Gasteiger partial charge is 0.340 e. The van der Waals surface area contributed by atoms with E-state index in [2.05, 4.69) is 5.32 Å². The predicted molar refractivity (Wildman–Crippen MR) is 102 cm³/mol. The van der Waals surface area contributed by atoms with Gasteiger partial charge in [0, 0.05) is 11.4 Å². The van der Waals surface area contributed by atoms with Crippen LogP contribution in [0.2, 0.25) is 0 Å². The maximum Gasteiger partial charge on any atom is 0.340 e. The van der Waals surface area contributed by atoms with Gasteiger partial charge in [-0.25, -0.2) is 13.6 Å². The predicted octanol–water partition coefficient (Wildman–Crippen LogP) is 4.21. The Balaban J connectivity index is 1.70. The molecule has 1 atom stereocenters. The van der Waals surface area contributed by atoms with Gasteiger partial charge >= 0.3 is 5.97 Å². The van der Waals surface area contributed by atoms with E-state index in [9.17, 15) is 18.4 Å². The van der Waals surface area contributed by atoms with Crippen molar-refractivity contribution in [3.05, 3.63) is 77.0 Å². The van der Waals surface area contributed by atoms with Crippen LogP contribution in [0.4, 0.5) is 14.5 Å². The van der Waals surface area contributed by atoms with E-state index in [1.807, 2.05) is 17.6 Å². The molecule has 6 nitrogen and oxygen atoms in total. The van der Waals surface area contributed by atoms with E-state index in [0.29, 0.717) is 17.8 Å². The summed E-state index contributed by atoms with van der Waals surface area (Å²) in [6.07, 6.45) is 0.312. The summed E-state index contributed by atoms with van der Waals surface area (Å²) in [5, 5.41) is 2.11. The number of nitrogens with one attached hydrogen (secondary N) is 1. The van der Waals surface area contributed by atoms with E-state index in [4.69, 9.17) is 9.15 Å². The highest BCUT2D eigenvalue weighted by Crippen LogP contribution is 2.21. The molecule has 0 fully saturated rings. The third-order valence-electron chi connectivity index (χ3n) is 4.55. The minimum atomic E-state index is -1.25. The quantitative estimate of drug-likeness (QED) is 0.627. The topological polar surface area (TPSA) is 73.5 Å². The number of esters is 1. The average Bonchev–Trinajstić information content (AvgIpc) is 3.28. The number of hydrogen-bond acceptors (Lipinski definition) is 4. The second-order valence-electron chi connectivity index (χ2n) is 6.58. The minimum Gasteiger partial charge on any atom is -0.467 e. The van der Waals surface area contributed by atoms with E-state index in [1.54, 1.807) is 25.3 Å². The van der Waals surface area contributed by atoms with Crippen molar-refractivity contribution >= 4 is 17.6 Å². The lowest BCUT2D eigenvalue weighted by Gasteiger charge is -2.14. The fraction of sp³-hybridized carbons (Fsp3) is 0.238. The molecule has 152 valence electrons. The molecule has 0 aliphatic rings. The van der Waals surface area contributed by atoms with Crippen LogP contribution in [0.1, 0.15) is 34.4 Å². The molecule has 0 bridgehead atoms. The van der Waals surface area contributed by atoms with Crippen LogP contribution in [0.15, 0.2) is 47.1 Å². The molecule has 1 aromatic carbocycles. The Kier molecular flexibility index (Phi) is 5.81.